The average Bonchev–Trinajstić information content (AvgIpc) is 3.33. The highest BCUT2D eigenvalue weighted by molar-refractivity contribution is 7.09. The summed E-state index contributed by atoms with van der Waals surface area (Å²) < 4.78 is 5.17. The minimum atomic E-state index is -0.0209. The van der Waals surface area contributed by atoms with E-state index in [9.17, 15) is 4.79 Å². The van der Waals surface area contributed by atoms with Gasteiger partial charge in [0.25, 0.3) is 0 Å². The van der Waals surface area contributed by atoms with Crippen molar-refractivity contribution in [1.29, 1.82) is 0 Å². The number of aromatic nitrogens is 2. The standard InChI is InChI=1S/C22H27N5O2S/c1-16-3-5-18(6-4-16)23-21(28)12-22-24-20(15-30-22)14-27-9-7-26(8-10-27)13-19-11-17(2)29-25-19/h3-6,11,15H,7-10,12-14H2,1-2H3,(H,23,28)/p+2. The molecule has 0 aliphatic carbocycles. The first-order valence-corrected chi connectivity index (χ1v) is 11.3. The summed E-state index contributed by atoms with van der Waals surface area (Å²) in [6.45, 7) is 10.3. The highest BCUT2D eigenvalue weighted by atomic mass is 32.1. The first kappa shape index (κ1) is 20.7. The van der Waals surface area contributed by atoms with Crippen LogP contribution in [0.3, 0.4) is 0 Å². The third kappa shape index (κ3) is 5.75. The van der Waals surface area contributed by atoms with Crippen LogP contribution in [0, 0.1) is 13.8 Å². The quantitative estimate of drug-likeness (QED) is 0.511. The van der Waals surface area contributed by atoms with E-state index in [0.717, 1.165) is 67.1 Å². The number of hydrogen-bond acceptors (Lipinski definition) is 5. The van der Waals surface area contributed by atoms with Crippen LogP contribution in [-0.2, 0) is 24.3 Å². The van der Waals surface area contributed by atoms with Crippen LogP contribution in [0.25, 0.3) is 0 Å². The number of nitrogens with one attached hydrogen (secondary N) is 3. The molecule has 1 aliphatic heterocycles. The number of anilines is 1. The first-order chi connectivity index (χ1) is 14.5. The number of benzene rings is 1. The number of hydrogen-bond donors (Lipinski definition) is 3. The minimum Gasteiger partial charge on any atom is -0.361 e. The number of piperazine rings is 1. The number of carbonyl (C=O) groups excluding carboxylic acids is 1. The Morgan fingerprint density at radius 1 is 1.07 bits per heavy atom. The van der Waals surface area contributed by atoms with E-state index < -0.39 is 0 Å². The van der Waals surface area contributed by atoms with Crippen molar-refractivity contribution in [2.75, 3.05) is 31.5 Å². The van der Waals surface area contributed by atoms with Gasteiger partial charge in [-0.1, -0.05) is 22.9 Å². The van der Waals surface area contributed by atoms with E-state index in [1.165, 1.54) is 5.56 Å². The SMILES string of the molecule is Cc1ccc(NC(=O)Cc2nc(C[NH+]3CC[NH+](Cc4cc(C)on4)CC3)cs2)cc1. The summed E-state index contributed by atoms with van der Waals surface area (Å²) in [4.78, 5) is 20.1. The maximum Gasteiger partial charge on any atom is 0.231 e. The van der Waals surface area contributed by atoms with Gasteiger partial charge in [0, 0.05) is 17.1 Å². The molecule has 2 aromatic heterocycles. The maximum atomic E-state index is 12.3. The predicted octanol–water partition coefficient (Wildman–Crippen LogP) is 0.413. The van der Waals surface area contributed by atoms with Gasteiger partial charge in [0.05, 0.1) is 6.42 Å². The van der Waals surface area contributed by atoms with Crippen molar-refractivity contribution in [1.82, 2.24) is 10.1 Å². The minimum absolute atomic E-state index is 0.0209. The molecule has 8 heteroatoms. The number of nitrogens with zero attached hydrogens (tertiary/aromatic N) is 2. The topological polar surface area (TPSA) is 76.9 Å². The van der Waals surface area contributed by atoms with Crippen LogP contribution in [0.1, 0.15) is 27.7 Å². The molecule has 1 fully saturated rings. The van der Waals surface area contributed by atoms with Gasteiger partial charge in [0.15, 0.2) is 0 Å². The third-order valence-electron chi connectivity index (χ3n) is 5.45. The lowest BCUT2D eigenvalue weighted by atomic mass is 10.2. The number of thiazole rings is 1. The Bertz CT molecular complexity index is 974. The molecule has 0 bridgehead atoms. The molecule has 0 atom stereocenters. The molecule has 4 rings (SSSR count). The van der Waals surface area contributed by atoms with Crippen molar-refractivity contribution in [3.63, 3.8) is 0 Å². The smallest absolute Gasteiger partial charge is 0.231 e. The lowest BCUT2D eigenvalue weighted by Crippen LogP contribution is -3.27. The highest BCUT2D eigenvalue weighted by Crippen LogP contribution is 2.13. The lowest BCUT2D eigenvalue weighted by Gasteiger charge is -2.28. The molecule has 1 aliphatic rings. The molecule has 7 nitrogen and oxygen atoms in total. The summed E-state index contributed by atoms with van der Waals surface area (Å²) in [6.07, 6.45) is 0.322. The Balaban J connectivity index is 1.22. The summed E-state index contributed by atoms with van der Waals surface area (Å²) in [7, 11) is 0. The molecule has 3 heterocycles. The van der Waals surface area contributed by atoms with Gasteiger partial charge in [-0.2, -0.15) is 0 Å². The Kier molecular flexibility index (Phi) is 6.56. The zero-order valence-corrected chi connectivity index (χ0v) is 18.3. The number of rotatable bonds is 7. The second-order valence-corrected chi connectivity index (χ2v) is 9.05. The van der Waals surface area contributed by atoms with Crippen molar-refractivity contribution in [3.8, 4) is 0 Å². The molecule has 1 aromatic carbocycles. The first-order valence-electron chi connectivity index (χ1n) is 10.4. The molecule has 3 aromatic rings. The molecule has 1 saturated heterocycles. The van der Waals surface area contributed by atoms with Crippen molar-refractivity contribution < 1.29 is 19.1 Å². The Hall–Kier alpha value is -2.55. The van der Waals surface area contributed by atoms with Crippen LogP contribution in [0.5, 0.6) is 0 Å². The van der Waals surface area contributed by atoms with Crippen LogP contribution in [0.4, 0.5) is 5.69 Å². The van der Waals surface area contributed by atoms with E-state index in [4.69, 9.17) is 9.51 Å². The fourth-order valence-electron chi connectivity index (χ4n) is 3.81. The molecule has 0 saturated carbocycles. The Morgan fingerprint density at radius 3 is 2.37 bits per heavy atom. The van der Waals surface area contributed by atoms with E-state index in [2.05, 4.69) is 15.9 Å². The fraction of sp³-hybridized carbons (Fsp3) is 0.409. The van der Waals surface area contributed by atoms with E-state index in [1.807, 2.05) is 44.2 Å². The summed E-state index contributed by atoms with van der Waals surface area (Å²) in [5.74, 6) is 0.855. The molecule has 0 radical (unpaired) electrons. The Labute approximate surface area is 180 Å². The summed E-state index contributed by atoms with van der Waals surface area (Å²) in [5.41, 5.74) is 4.13. The third-order valence-corrected chi connectivity index (χ3v) is 6.35. The number of amides is 1. The van der Waals surface area contributed by atoms with Gasteiger partial charge in [-0.15, -0.1) is 11.3 Å². The van der Waals surface area contributed by atoms with E-state index in [-0.39, 0.29) is 5.91 Å². The number of carbonyl (C=O) groups is 1. The van der Waals surface area contributed by atoms with Gasteiger partial charge in [0.2, 0.25) is 5.91 Å². The molecule has 158 valence electrons. The second-order valence-electron chi connectivity index (χ2n) is 8.11. The largest absolute Gasteiger partial charge is 0.361 e. The normalized spacial score (nSPS) is 19.0. The summed E-state index contributed by atoms with van der Waals surface area (Å²) in [5, 5.41) is 10.0. The zero-order chi connectivity index (χ0) is 20.9. The molecular formula is C22H29N5O2S+2. The molecule has 3 N–H and O–H groups in total. The predicted molar refractivity (Wildman–Crippen MR) is 116 cm³/mol. The van der Waals surface area contributed by atoms with Gasteiger partial charge in [-0.25, -0.2) is 4.98 Å². The summed E-state index contributed by atoms with van der Waals surface area (Å²) in [6, 6.07) is 9.87. The fourth-order valence-corrected chi connectivity index (χ4v) is 4.61. The van der Waals surface area contributed by atoms with E-state index in [0.29, 0.717) is 6.42 Å². The maximum absolute atomic E-state index is 12.3. The molecular weight excluding hydrogens is 398 g/mol. The average molecular weight is 428 g/mol. The van der Waals surface area contributed by atoms with Crippen molar-refractivity contribution >= 4 is 22.9 Å². The second kappa shape index (κ2) is 9.51. The van der Waals surface area contributed by atoms with Crippen LogP contribution in [-0.4, -0.2) is 42.2 Å². The van der Waals surface area contributed by atoms with E-state index >= 15 is 0 Å². The molecule has 1 amide bonds. The van der Waals surface area contributed by atoms with Crippen molar-refractivity contribution in [3.05, 3.63) is 63.4 Å². The van der Waals surface area contributed by atoms with Gasteiger partial charge in [-0.05, 0) is 26.0 Å². The molecule has 0 unspecified atom stereocenters. The molecule has 0 spiro atoms. The van der Waals surface area contributed by atoms with Crippen molar-refractivity contribution in [2.24, 2.45) is 0 Å². The van der Waals surface area contributed by atoms with E-state index in [1.54, 1.807) is 21.1 Å². The number of aryl methyl sites for hydroxylation is 2. The van der Waals surface area contributed by atoms with Gasteiger partial charge >= 0.3 is 0 Å². The highest BCUT2D eigenvalue weighted by Gasteiger charge is 2.24. The van der Waals surface area contributed by atoms with Crippen LogP contribution >= 0.6 is 11.3 Å². The molecule has 30 heavy (non-hydrogen) atoms. The summed E-state index contributed by atoms with van der Waals surface area (Å²) >= 11 is 1.57. The van der Waals surface area contributed by atoms with Gasteiger partial charge in [-0.3, -0.25) is 4.79 Å². The zero-order valence-electron chi connectivity index (χ0n) is 17.5. The van der Waals surface area contributed by atoms with Crippen LogP contribution < -0.4 is 15.1 Å². The van der Waals surface area contributed by atoms with Crippen LogP contribution in [0.15, 0.2) is 40.2 Å². The van der Waals surface area contributed by atoms with Gasteiger partial charge in [0.1, 0.15) is 61.4 Å². The van der Waals surface area contributed by atoms with Gasteiger partial charge < -0.3 is 19.6 Å². The monoisotopic (exact) mass is 427 g/mol. The van der Waals surface area contributed by atoms with Crippen molar-refractivity contribution in [2.45, 2.75) is 33.4 Å². The van der Waals surface area contributed by atoms with Crippen LogP contribution in [0.2, 0.25) is 0 Å². The lowest BCUT2D eigenvalue weighted by molar-refractivity contribution is -1.02. The number of quaternary nitrogens is 2. The Morgan fingerprint density at radius 2 is 1.73 bits per heavy atom.